The highest BCUT2D eigenvalue weighted by molar-refractivity contribution is 6.31. The first kappa shape index (κ1) is 16.5. The van der Waals surface area contributed by atoms with Gasteiger partial charge in [0.1, 0.15) is 0 Å². The van der Waals surface area contributed by atoms with Gasteiger partial charge in [0.2, 0.25) is 5.95 Å². The smallest absolute Gasteiger partial charge is 0.244 e. The lowest BCUT2D eigenvalue weighted by atomic mass is 10.2. The van der Waals surface area contributed by atoms with Crippen LogP contribution in [-0.4, -0.2) is 15.2 Å². The van der Waals surface area contributed by atoms with Gasteiger partial charge in [-0.1, -0.05) is 53.5 Å². The highest BCUT2D eigenvalue weighted by atomic mass is 35.5. The summed E-state index contributed by atoms with van der Waals surface area (Å²) in [7, 11) is 0. The first-order valence-corrected chi connectivity index (χ1v) is 8.11. The Morgan fingerprint density at radius 1 is 0.875 bits per heavy atom. The van der Waals surface area contributed by atoms with Crippen molar-refractivity contribution >= 4 is 35.0 Å². The molecule has 0 saturated carbocycles. The van der Waals surface area contributed by atoms with E-state index in [1.807, 2.05) is 48.5 Å². The molecule has 122 valence electrons. The zero-order chi connectivity index (χ0) is 16.8. The van der Waals surface area contributed by atoms with Crippen LogP contribution in [0.4, 0.5) is 11.8 Å². The van der Waals surface area contributed by atoms with E-state index in [4.69, 9.17) is 23.2 Å². The Kier molecular flexibility index (Phi) is 5.46. The molecule has 0 bridgehead atoms. The predicted octanol–water partition coefficient (Wildman–Crippen LogP) is 4.40. The van der Waals surface area contributed by atoms with Crippen molar-refractivity contribution in [2.45, 2.75) is 13.1 Å². The molecule has 0 radical (unpaired) electrons. The Morgan fingerprint density at radius 2 is 1.67 bits per heavy atom. The van der Waals surface area contributed by atoms with Gasteiger partial charge in [0.25, 0.3) is 0 Å². The molecular weight excluding hydrogens is 345 g/mol. The molecule has 0 atom stereocenters. The number of benzene rings is 2. The van der Waals surface area contributed by atoms with E-state index >= 15 is 0 Å². The van der Waals surface area contributed by atoms with Crippen LogP contribution < -0.4 is 10.6 Å². The largest absolute Gasteiger partial charge is 0.364 e. The molecule has 0 aliphatic heterocycles. The van der Waals surface area contributed by atoms with E-state index in [2.05, 4.69) is 25.8 Å². The molecule has 5 nitrogen and oxygen atoms in total. The SMILES string of the molecule is Clc1ccc(CNc2nncc(NCc3ccccc3Cl)n2)cc1. The van der Waals surface area contributed by atoms with Crippen LogP contribution in [0.2, 0.25) is 10.0 Å². The maximum Gasteiger partial charge on any atom is 0.244 e. The third-order valence-corrected chi connectivity index (χ3v) is 3.96. The summed E-state index contributed by atoms with van der Waals surface area (Å²) in [4.78, 5) is 4.39. The minimum atomic E-state index is 0.453. The Hall–Kier alpha value is -2.37. The fraction of sp³-hybridized carbons (Fsp3) is 0.118. The van der Waals surface area contributed by atoms with Crippen LogP contribution in [0.3, 0.4) is 0 Å². The summed E-state index contributed by atoms with van der Waals surface area (Å²) in [6, 6.07) is 15.2. The van der Waals surface area contributed by atoms with Crippen molar-refractivity contribution in [1.29, 1.82) is 0 Å². The van der Waals surface area contributed by atoms with Gasteiger partial charge in [0.15, 0.2) is 5.82 Å². The third kappa shape index (κ3) is 4.57. The molecule has 3 rings (SSSR count). The van der Waals surface area contributed by atoms with Gasteiger partial charge < -0.3 is 10.6 Å². The normalized spacial score (nSPS) is 10.4. The average molecular weight is 360 g/mol. The van der Waals surface area contributed by atoms with Gasteiger partial charge in [-0.2, -0.15) is 10.1 Å². The standard InChI is InChI=1S/C17H15Cl2N5/c18-14-7-5-12(6-8-14)9-21-17-23-16(11-22-24-17)20-10-13-3-1-2-4-15(13)19/h1-8,11H,9-10H2,(H2,20,21,23,24). The molecule has 0 saturated heterocycles. The number of hydrogen-bond acceptors (Lipinski definition) is 5. The number of anilines is 2. The molecule has 1 aromatic heterocycles. The number of hydrogen-bond donors (Lipinski definition) is 2. The van der Waals surface area contributed by atoms with Crippen LogP contribution in [-0.2, 0) is 13.1 Å². The first-order valence-electron chi connectivity index (χ1n) is 7.36. The number of halogens is 2. The summed E-state index contributed by atoms with van der Waals surface area (Å²) in [5.41, 5.74) is 2.07. The van der Waals surface area contributed by atoms with Gasteiger partial charge in [-0.25, -0.2) is 0 Å². The number of nitrogens with one attached hydrogen (secondary N) is 2. The van der Waals surface area contributed by atoms with Crippen LogP contribution in [0.1, 0.15) is 11.1 Å². The van der Waals surface area contributed by atoms with Gasteiger partial charge in [0, 0.05) is 23.1 Å². The van der Waals surface area contributed by atoms with Crippen molar-refractivity contribution < 1.29 is 0 Å². The maximum absolute atomic E-state index is 6.14. The molecule has 0 aliphatic carbocycles. The highest BCUT2D eigenvalue weighted by Gasteiger charge is 2.03. The van der Waals surface area contributed by atoms with Crippen LogP contribution in [0.5, 0.6) is 0 Å². The summed E-state index contributed by atoms with van der Waals surface area (Å²) < 4.78 is 0. The second-order valence-corrected chi connectivity index (χ2v) is 5.93. The summed E-state index contributed by atoms with van der Waals surface area (Å²) >= 11 is 12.0. The Bertz CT molecular complexity index is 808. The Morgan fingerprint density at radius 3 is 2.46 bits per heavy atom. The second-order valence-electron chi connectivity index (χ2n) is 5.09. The van der Waals surface area contributed by atoms with Gasteiger partial charge in [0.05, 0.1) is 6.20 Å². The van der Waals surface area contributed by atoms with E-state index in [-0.39, 0.29) is 0 Å². The number of aromatic nitrogens is 3. The van der Waals surface area contributed by atoms with E-state index in [9.17, 15) is 0 Å². The average Bonchev–Trinajstić information content (AvgIpc) is 2.61. The van der Waals surface area contributed by atoms with Crippen LogP contribution in [0.15, 0.2) is 54.7 Å². The molecule has 0 spiro atoms. The van der Waals surface area contributed by atoms with Crippen molar-refractivity contribution in [2.75, 3.05) is 10.6 Å². The van der Waals surface area contributed by atoms with Crippen molar-refractivity contribution in [3.05, 3.63) is 75.9 Å². The third-order valence-electron chi connectivity index (χ3n) is 3.34. The van der Waals surface area contributed by atoms with Crippen molar-refractivity contribution in [3.63, 3.8) is 0 Å². The first-order chi connectivity index (χ1) is 11.7. The molecule has 0 fully saturated rings. The maximum atomic E-state index is 6.14. The molecule has 7 heteroatoms. The van der Waals surface area contributed by atoms with Gasteiger partial charge in [-0.15, -0.1) is 5.10 Å². The topological polar surface area (TPSA) is 62.7 Å². The second kappa shape index (κ2) is 7.95. The summed E-state index contributed by atoms with van der Waals surface area (Å²) in [6.45, 7) is 1.15. The van der Waals surface area contributed by atoms with E-state index in [1.165, 1.54) is 0 Å². The van der Waals surface area contributed by atoms with Crippen LogP contribution >= 0.6 is 23.2 Å². The van der Waals surface area contributed by atoms with Crippen molar-refractivity contribution in [3.8, 4) is 0 Å². The van der Waals surface area contributed by atoms with Crippen molar-refractivity contribution in [2.24, 2.45) is 0 Å². The molecule has 0 aliphatic rings. The van der Waals surface area contributed by atoms with E-state index in [0.717, 1.165) is 11.1 Å². The van der Waals surface area contributed by atoms with Gasteiger partial charge >= 0.3 is 0 Å². The minimum Gasteiger partial charge on any atom is -0.364 e. The Labute approximate surface area is 150 Å². The monoisotopic (exact) mass is 359 g/mol. The van der Waals surface area contributed by atoms with Gasteiger partial charge in [-0.05, 0) is 29.3 Å². The molecule has 3 aromatic rings. The molecule has 1 heterocycles. The highest BCUT2D eigenvalue weighted by Crippen LogP contribution is 2.16. The molecule has 24 heavy (non-hydrogen) atoms. The Balaban J connectivity index is 1.59. The van der Waals surface area contributed by atoms with Crippen LogP contribution in [0, 0.1) is 0 Å². The fourth-order valence-corrected chi connectivity index (χ4v) is 2.40. The summed E-state index contributed by atoms with van der Waals surface area (Å²) in [5, 5.41) is 15.7. The summed E-state index contributed by atoms with van der Waals surface area (Å²) in [6.07, 6.45) is 1.57. The molecule has 0 amide bonds. The lowest BCUT2D eigenvalue weighted by molar-refractivity contribution is 0.937. The number of rotatable bonds is 6. The molecule has 0 unspecified atom stereocenters. The lowest BCUT2D eigenvalue weighted by Gasteiger charge is -2.09. The van der Waals surface area contributed by atoms with Crippen molar-refractivity contribution in [1.82, 2.24) is 15.2 Å². The molecular formula is C17H15Cl2N5. The summed E-state index contributed by atoms with van der Waals surface area (Å²) in [5.74, 6) is 1.08. The van der Waals surface area contributed by atoms with E-state index < -0.39 is 0 Å². The van der Waals surface area contributed by atoms with Crippen LogP contribution in [0.25, 0.3) is 0 Å². The van der Waals surface area contributed by atoms with E-state index in [1.54, 1.807) is 6.20 Å². The van der Waals surface area contributed by atoms with Gasteiger partial charge in [-0.3, -0.25) is 0 Å². The predicted molar refractivity (Wildman–Crippen MR) is 97.4 cm³/mol. The minimum absolute atomic E-state index is 0.453. The molecule has 2 aromatic carbocycles. The number of nitrogens with zero attached hydrogens (tertiary/aromatic N) is 3. The zero-order valence-corrected chi connectivity index (χ0v) is 14.2. The lowest BCUT2D eigenvalue weighted by Crippen LogP contribution is -2.08. The quantitative estimate of drug-likeness (QED) is 0.682. The fourth-order valence-electron chi connectivity index (χ4n) is 2.07. The molecule has 2 N–H and O–H groups in total. The van der Waals surface area contributed by atoms with E-state index in [0.29, 0.717) is 34.9 Å². The zero-order valence-electron chi connectivity index (χ0n) is 12.7.